The molecule has 0 heterocycles. The number of esters is 2. The van der Waals surface area contributed by atoms with Gasteiger partial charge < -0.3 is 14.2 Å². The molecule has 0 spiro atoms. The van der Waals surface area contributed by atoms with Gasteiger partial charge in [0.1, 0.15) is 6.61 Å². The minimum Gasteiger partial charge on any atom is -0.462 e. The van der Waals surface area contributed by atoms with E-state index in [0.717, 1.165) is 38.5 Å². The zero-order valence-electron chi connectivity index (χ0n) is 45.0. The van der Waals surface area contributed by atoms with E-state index in [9.17, 15) is 9.59 Å². The van der Waals surface area contributed by atoms with Crippen molar-refractivity contribution in [3.05, 3.63) is 24.3 Å². The number of hydrogen-bond acceptors (Lipinski definition) is 5. The maximum absolute atomic E-state index is 12.9. The van der Waals surface area contributed by atoms with Gasteiger partial charge in [-0.1, -0.05) is 270 Å². The Bertz CT molecular complexity index is 1010. The number of carbonyl (C=O) groups is 2. The molecule has 1 atom stereocenters. The minimum absolute atomic E-state index is 0.0890. The molecule has 0 N–H and O–H groups in total. The van der Waals surface area contributed by atoms with Gasteiger partial charge in [0.15, 0.2) is 6.10 Å². The Morgan fingerprint density at radius 2 is 0.591 bits per heavy atom. The molecule has 0 aliphatic carbocycles. The van der Waals surface area contributed by atoms with Gasteiger partial charge in [-0.15, -0.1) is 0 Å². The summed E-state index contributed by atoms with van der Waals surface area (Å²) < 4.78 is 17.5. The van der Waals surface area contributed by atoms with Gasteiger partial charge in [0.25, 0.3) is 0 Å². The summed E-state index contributed by atoms with van der Waals surface area (Å²) in [5.41, 5.74) is 0. The van der Waals surface area contributed by atoms with Crippen LogP contribution in [-0.2, 0) is 23.8 Å². The molecule has 390 valence electrons. The molecule has 0 bridgehead atoms. The standard InChI is InChI=1S/C61H116O5/c1-4-7-10-13-16-19-22-25-28-30-32-35-38-41-44-47-50-53-56-64-57-59(66-61(63)55-52-49-46-43-40-37-33-27-24-21-18-15-12-9-6-3)58-65-60(62)54-51-48-45-42-39-36-34-31-29-26-23-20-17-14-11-8-5-2/h25-26,28-29,59H,4-24,27,30-58H2,1-3H3/b28-25-,29-26-. The summed E-state index contributed by atoms with van der Waals surface area (Å²) in [5, 5.41) is 0. The molecule has 0 fully saturated rings. The average molecular weight is 930 g/mol. The largest absolute Gasteiger partial charge is 0.462 e. The Balaban J connectivity index is 4.23. The van der Waals surface area contributed by atoms with Crippen LogP contribution >= 0.6 is 0 Å². The molecule has 0 saturated carbocycles. The van der Waals surface area contributed by atoms with E-state index in [4.69, 9.17) is 14.2 Å². The minimum atomic E-state index is -0.534. The molecule has 0 rings (SSSR count). The summed E-state index contributed by atoms with van der Waals surface area (Å²) in [6, 6.07) is 0. The van der Waals surface area contributed by atoms with Gasteiger partial charge in [0, 0.05) is 19.4 Å². The molecule has 5 heteroatoms. The average Bonchev–Trinajstić information content (AvgIpc) is 3.32. The highest BCUT2D eigenvalue weighted by Crippen LogP contribution is 2.16. The van der Waals surface area contributed by atoms with Crippen LogP contribution < -0.4 is 0 Å². The molecule has 0 saturated heterocycles. The third-order valence-electron chi connectivity index (χ3n) is 13.5. The lowest BCUT2D eigenvalue weighted by atomic mass is 10.0. The van der Waals surface area contributed by atoms with E-state index in [1.807, 2.05) is 0 Å². The molecular weight excluding hydrogens is 813 g/mol. The van der Waals surface area contributed by atoms with Crippen LogP contribution in [-0.4, -0.2) is 37.9 Å². The van der Waals surface area contributed by atoms with Crippen LogP contribution in [0.3, 0.4) is 0 Å². The van der Waals surface area contributed by atoms with Crippen LogP contribution in [0.15, 0.2) is 24.3 Å². The number of rotatable bonds is 56. The molecule has 0 aliphatic rings. The van der Waals surface area contributed by atoms with E-state index in [1.165, 1.54) is 257 Å². The van der Waals surface area contributed by atoms with E-state index in [-0.39, 0.29) is 18.5 Å². The van der Waals surface area contributed by atoms with Crippen LogP contribution in [0.25, 0.3) is 0 Å². The summed E-state index contributed by atoms with van der Waals surface area (Å²) in [7, 11) is 0. The van der Waals surface area contributed by atoms with Crippen molar-refractivity contribution in [2.75, 3.05) is 19.8 Å². The second-order valence-electron chi connectivity index (χ2n) is 20.3. The summed E-state index contributed by atoms with van der Waals surface area (Å²) in [5.74, 6) is -0.381. The fourth-order valence-electron chi connectivity index (χ4n) is 8.97. The van der Waals surface area contributed by atoms with Gasteiger partial charge in [-0.2, -0.15) is 0 Å². The lowest BCUT2D eigenvalue weighted by molar-refractivity contribution is -0.163. The van der Waals surface area contributed by atoms with E-state index < -0.39 is 6.10 Å². The van der Waals surface area contributed by atoms with Gasteiger partial charge in [0.2, 0.25) is 0 Å². The fourth-order valence-corrected chi connectivity index (χ4v) is 8.97. The van der Waals surface area contributed by atoms with Crippen molar-refractivity contribution in [1.82, 2.24) is 0 Å². The van der Waals surface area contributed by atoms with Crippen molar-refractivity contribution < 1.29 is 23.8 Å². The number of hydrogen-bond donors (Lipinski definition) is 0. The Kier molecular flexibility index (Phi) is 56.3. The zero-order valence-corrected chi connectivity index (χ0v) is 45.0. The van der Waals surface area contributed by atoms with Crippen molar-refractivity contribution in [2.24, 2.45) is 0 Å². The maximum Gasteiger partial charge on any atom is 0.306 e. The molecule has 0 aromatic heterocycles. The lowest BCUT2D eigenvalue weighted by Crippen LogP contribution is -2.30. The smallest absolute Gasteiger partial charge is 0.306 e. The fraction of sp³-hybridized carbons (Fsp3) is 0.902. The highest BCUT2D eigenvalue weighted by atomic mass is 16.6. The highest BCUT2D eigenvalue weighted by Gasteiger charge is 2.17. The molecule has 0 aliphatic heterocycles. The Morgan fingerprint density at radius 3 is 0.924 bits per heavy atom. The van der Waals surface area contributed by atoms with E-state index in [2.05, 4.69) is 45.1 Å². The predicted molar refractivity (Wildman–Crippen MR) is 289 cm³/mol. The van der Waals surface area contributed by atoms with E-state index >= 15 is 0 Å². The van der Waals surface area contributed by atoms with Gasteiger partial charge in [-0.3, -0.25) is 9.59 Å². The third-order valence-corrected chi connectivity index (χ3v) is 13.5. The lowest BCUT2D eigenvalue weighted by Gasteiger charge is -2.18. The van der Waals surface area contributed by atoms with Gasteiger partial charge in [-0.05, 0) is 70.6 Å². The molecule has 1 unspecified atom stereocenters. The highest BCUT2D eigenvalue weighted by molar-refractivity contribution is 5.70. The molecule has 0 radical (unpaired) electrons. The van der Waals surface area contributed by atoms with Crippen LogP contribution in [0.4, 0.5) is 0 Å². The molecule has 0 aromatic rings. The van der Waals surface area contributed by atoms with Gasteiger partial charge in [-0.25, -0.2) is 0 Å². The normalized spacial score (nSPS) is 12.2. The summed E-state index contributed by atoms with van der Waals surface area (Å²) in [6.07, 6.45) is 69.1. The SMILES string of the molecule is CCCCCCCC/C=C\CCCCCCCCCCOCC(COC(=O)CCCCCCCCC/C=C\CCCCCCCC)OC(=O)CCCCCCCCCCCCCCCCC. The van der Waals surface area contributed by atoms with Crippen molar-refractivity contribution in [3.63, 3.8) is 0 Å². The first-order valence-electron chi connectivity index (χ1n) is 29.9. The van der Waals surface area contributed by atoms with E-state index in [0.29, 0.717) is 26.1 Å². The number of carbonyl (C=O) groups excluding carboxylic acids is 2. The van der Waals surface area contributed by atoms with Crippen LogP contribution in [0.1, 0.15) is 329 Å². The first kappa shape index (κ1) is 64.4. The van der Waals surface area contributed by atoms with Crippen molar-refractivity contribution in [3.8, 4) is 0 Å². The Hall–Kier alpha value is -1.62. The predicted octanol–water partition coefficient (Wildman–Crippen LogP) is 20.4. The number of allylic oxidation sites excluding steroid dienone is 4. The van der Waals surface area contributed by atoms with Crippen molar-refractivity contribution >= 4 is 11.9 Å². The van der Waals surface area contributed by atoms with Crippen LogP contribution in [0.5, 0.6) is 0 Å². The first-order chi connectivity index (χ1) is 32.6. The molecule has 5 nitrogen and oxygen atoms in total. The molecule has 0 aromatic carbocycles. The topological polar surface area (TPSA) is 61.8 Å². The Morgan fingerprint density at radius 1 is 0.318 bits per heavy atom. The second kappa shape index (κ2) is 57.7. The first-order valence-corrected chi connectivity index (χ1v) is 29.9. The molecular formula is C61H116O5. The van der Waals surface area contributed by atoms with Gasteiger partial charge >= 0.3 is 11.9 Å². The van der Waals surface area contributed by atoms with Crippen molar-refractivity contribution in [1.29, 1.82) is 0 Å². The third kappa shape index (κ3) is 55.0. The number of unbranched alkanes of at least 4 members (excludes halogenated alkanes) is 41. The maximum atomic E-state index is 12.9. The zero-order chi connectivity index (χ0) is 47.7. The van der Waals surface area contributed by atoms with Crippen molar-refractivity contribution in [2.45, 2.75) is 335 Å². The summed E-state index contributed by atoms with van der Waals surface area (Å²) in [6.45, 7) is 7.88. The molecule has 0 amide bonds. The summed E-state index contributed by atoms with van der Waals surface area (Å²) in [4.78, 5) is 25.5. The van der Waals surface area contributed by atoms with Crippen LogP contribution in [0.2, 0.25) is 0 Å². The second-order valence-corrected chi connectivity index (χ2v) is 20.3. The molecule has 66 heavy (non-hydrogen) atoms. The van der Waals surface area contributed by atoms with Gasteiger partial charge in [0.05, 0.1) is 6.61 Å². The quantitative estimate of drug-likeness (QED) is 0.0345. The summed E-state index contributed by atoms with van der Waals surface area (Å²) >= 11 is 0. The Labute approximate surface area is 413 Å². The monoisotopic (exact) mass is 929 g/mol. The van der Waals surface area contributed by atoms with Crippen LogP contribution in [0, 0.1) is 0 Å². The number of ether oxygens (including phenoxy) is 3. The van der Waals surface area contributed by atoms with E-state index in [1.54, 1.807) is 0 Å².